The molecule has 0 bridgehead atoms. The minimum atomic E-state index is 0.731. The predicted octanol–water partition coefficient (Wildman–Crippen LogP) is 4.37. The molecule has 0 aromatic heterocycles. The molecule has 0 unspecified atom stereocenters. The highest BCUT2D eigenvalue weighted by Gasteiger charge is 2.16. The van der Waals surface area contributed by atoms with E-state index < -0.39 is 0 Å². The van der Waals surface area contributed by atoms with Crippen LogP contribution in [0.5, 0.6) is 0 Å². The first-order valence-corrected chi connectivity index (χ1v) is 7.26. The molecule has 2 nitrogen and oxygen atoms in total. The van der Waals surface area contributed by atoms with E-state index in [9.17, 15) is 0 Å². The molecule has 0 radical (unpaired) electrons. The van der Waals surface area contributed by atoms with Gasteiger partial charge in [0.25, 0.3) is 0 Å². The van der Waals surface area contributed by atoms with Crippen molar-refractivity contribution in [1.29, 1.82) is 0 Å². The normalized spacial score (nSPS) is 14.1. The van der Waals surface area contributed by atoms with E-state index in [1.807, 2.05) is 30.3 Å². The Bertz CT molecular complexity index is 652. The van der Waals surface area contributed by atoms with Crippen molar-refractivity contribution in [3.05, 3.63) is 63.1 Å². The third-order valence-corrected chi connectivity index (χ3v) is 3.89. The second-order valence-electron chi connectivity index (χ2n) is 4.33. The third kappa shape index (κ3) is 2.53. The van der Waals surface area contributed by atoms with Crippen LogP contribution in [0.2, 0.25) is 5.02 Å². The van der Waals surface area contributed by atoms with E-state index in [1.165, 1.54) is 0 Å². The molecule has 0 saturated heterocycles. The van der Waals surface area contributed by atoms with Crippen molar-refractivity contribution in [2.24, 2.45) is 4.99 Å². The molecule has 0 spiro atoms. The maximum Gasteiger partial charge on any atom is 0.0755 e. The fraction of sp³-hybridized carbons (Fsp3) is 0.133. The molecule has 19 heavy (non-hydrogen) atoms. The zero-order valence-electron chi connectivity index (χ0n) is 10.2. The Morgan fingerprint density at radius 1 is 1.11 bits per heavy atom. The average Bonchev–Trinajstić information content (AvgIpc) is 2.61. The first kappa shape index (κ1) is 12.7. The van der Waals surface area contributed by atoms with Crippen molar-refractivity contribution in [1.82, 2.24) is 0 Å². The summed E-state index contributed by atoms with van der Waals surface area (Å²) in [6.07, 6.45) is 0. The first-order chi connectivity index (χ1) is 9.25. The predicted molar refractivity (Wildman–Crippen MR) is 84.6 cm³/mol. The Labute approximate surface area is 125 Å². The molecule has 1 aliphatic heterocycles. The van der Waals surface area contributed by atoms with Gasteiger partial charge >= 0.3 is 0 Å². The summed E-state index contributed by atoms with van der Waals surface area (Å²) in [5.74, 6) is 0. The summed E-state index contributed by atoms with van der Waals surface area (Å²) in [6, 6.07) is 14.0. The maximum atomic E-state index is 6.30. The second-order valence-corrected chi connectivity index (χ2v) is 5.65. The SMILES string of the molecule is Clc1ccccc1C1=NCCNc2ccc(Br)cc21. The van der Waals surface area contributed by atoms with Crippen molar-refractivity contribution in [2.75, 3.05) is 18.4 Å². The molecule has 2 aromatic rings. The van der Waals surface area contributed by atoms with Crippen LogP contribution in [0.15, 0.2) is 51.9 Å². The fourth-order valence-electron chi connectivity index (χ4n) is 2.19. The molecule has 0 amide bonds. The maximum absolute atomic E-state index is 6.30. The van der Waals surface area contributed by atoms with Crippen LogP contribution in [0, 0.1) is 0 Å². The monoisotopic (exact) mass is 334 g/mol. The molecule has 0 atom stereocenters. The Kier molecular flexibility index (Phi) is 3.58. The summed E-state index contributed by atoms with van der Waals surface area (Å²) >= 11 is 9.82. The van der Waals surface area contributed by atoms with Gasteiger partial charge in [0.05, 0.1) is 12.3 Å². The number of benzene rings is 2. The molecule has 3 rings (SSSR count). The highest BCUT2D eigenvalue weighted by molar-refractivity contribution is 9.10. The quantitative estimate of drug-likeness (QED) is 0.822. The van der Waals surface area contributed by atoms with E-state index in [2.05, 4.69) is 38.4 Å². The molecular formula is C15H12BrClN2. The molecular weight excluding hydrogens is 324 g/mol. The van der Waals surface area contributed by atoms with E-state index in [4.69, 9.17) is 11.6 Å². The van der Waals surface area contributed by atoms with Gasteiger partial charge in [-0.05, 0) is 24.3 Å². The lowest BCUT2D eigenvalue weighted by Gasteiger charge is -2.12. The van der Waals surface area contributed by atoms with Crippen LogP contribution < -0.4 is 5.32 Å². The van der Waals surface area contributed by atoms with Crippen LogP contribution in [0.1, 0.15) is 11.1 Å². The van der Waals surface area contributed by atoms with E-state index in [1.54, 1.807) is 0 Å². The van der Waals surface area contributed by atoms with Crippen LogP contribution in [0.25, 0.3) is 0 Å². The summed E-state index contributed by atoms with van der Waals surface area (Å²) in [7, 11) is 0. The summed E-state index contributed by atoms with van der Waals surface area (Å²) in [5, 5.41) is 4.12. The van der Waals surface area contributed by atoms with Crippen LogP contribution in [0.4, 0.5) is 5.69 Å². The Morgan fingerprint density at radius 3 is 2.79 bits per heavy atom. The number of hydrogen-bond acceptors (Lipinski definition) is 2. The summed E-state index contributed by atoms with van der Waals surface area (Å²) in [6.45, 7) is 1.58. The van der Waals surface area contributed by atoms with Crippen molar-refractivity contribution in [2.45, 2.75) is 0 Å². The lowest BCUT2D eigenvalue weighted by molar-refractivity contribution is 1.04. The molecule has 1 aliphatic rings. The van der Waals surface area contributed by atoms with Crippen LogP contribution in [0.3, 0.4) is 0 Å². The van der Waals surface area contributed by atoms with Crippen LogP contribution >= 0.6 is 27.5 Å². The minimum Gasteiger partial charge on any atom is -0.383 e. The Morgan fingerprint density at radius 2 is 1.95 bits per heavy atom. The number of nitrogens with one attached hydrogen (secondary N) is 1. The van der Waals surface area contributed by atoms with Gasteiger partial charge in [-0.25, -0.2) is 0 Å². The lowest BCUT2D eigenvalue weighted by Crippen LogP contribution is -2.06. The number of fused-ring (bicyclic) bond motifs is 1. The zero-order chi connectivity index (χ0) is 13.2. The van der Waals surface area contributed by atoms with Gasteiger partial charge < -0.3 is 5.32 Å². The van der Waals surface area contributed by atoms with E-state index in [-0.39, 0.29) is 0 Å². The van der Waals surface area contributed by atoms with Gasteiger partial charge in [-0.15, -0.1) is 0 Å². The highest BCUT2D eigenvalue weighted by atomic mass is 79.9. The van der Waals surface area contributed by atoms with Crippen molar-refractivity contribution < 1.29 is 0 Å². The number of aliphatic imine (C=N–C) groups is 1. The van der Waals surface area contributed by atoms with Gasteiger partial charge in [-0.1, -0.05) is 45.7 Å². The summed E-state index contributed by atoms with van der Waals surface area (Å²) in [5.41, 5.74) is 4.11. The number of nitrogens with zero attached hydrogens (tertiary/aromatic N) is 1. The standard InChI is InChI=1S/C15H12BrClN2/c16-10-5-6-14-12(9-10)15(19-8-7-18-14)11-3-1-2-4-13(11)17/h1-6,9,18H,7-8H2. The van der Waals surface area contributed by atoms with Crippen molar-refractivity contribution in [3.8, 4) is 0 Å². The van der Waals surface area contributed by atoms with E-state index in [0.717, 1.165) is 45.1 Å². The first-order valence-electron chi connectivity index (χ1n) is 6.09. The number of benzodiazepines with no additional fused rings is 1. The molecule has 1 heterocycles. The van der Waals surface area contributed by atoms with Gasteiger partial charge in [-0.3, -0.25) is 4.99 Å². The number of halogens is 2. The van der Waals surface area contributed by atoms with Crippen LogP contribution in [-0.4, -0.2) is 18.8 Å². The largest absolute Gasteiger partial charge is 0.383 e. The smallest absolute Gasteiger partial charge is 0.0755 e. The van der Waals surface area contributed by atoms with Gasteiger partial charge in [0.1, 0.15) is 0 Å². The molecule has 1 N–H and O–H groups in total. The second kappa shape index (κ2) is 5.35. The molecule has 96 valence electrons. The van der Waals surface area contributed by atoms with E-state index >= 15 is 0 Å². The van der Waals surface area contributed by atoms with Gasteiger partial charge in [0.15, 0.2) is 0 Å². The van der Waals surface area contributed by atoms with Crippen molar-refractivity contribution >= 4 is 38.9 Å². The molecule has 2 aromatic carbocycles. The van der Waals surface area contributed by atoms with E-state index in [0.29, 0.717) is 0 Å². The van der Waals surface area contributed by atoms with Gasteiger partial charge in [0, 0.05) is 32.9 Å². The molecule has 4 heteroatoms. The van der Waals surface area contributed by atoms with Crippen molar-refractivity contribution in [3.63, 3.8) is 0 Å². The Balaban J connectivity index is 2.20. The average molecular weight is 336 g/mol. The molecule has 0 fully saturated rings. The number of anilines is 1. The Hall–Kier alpha value is -1.32. The highest BCUT2D eigenvalue weighted by Crippen LogP contribution is 2.28. The van der Waals surface area contributed by atoms with Gasteiger partial charge in [-0.2, -0.15) is 0 Å². The summed E-state index contributed by atoms with van der Waals surface area (Å²) in [4.78, 5) is 4.69. The summed E-state index contributed by atoms with van der Waals surface area (Å²) < 4.78 is 1.04. The molecule has 0 saturated carbocycles. The number of hydrogen-bond donors (Lipinski definition) is 1. The lowest BCUT2D eigenvalue weighted by atomic mass is 10.0. The van der Waals surface area contributed by atoms with Gasteiger partial charge in [0.2, 0.25) is 0 Å². The fourth-order valence-corrected chi connectivity index (χ4v) is 2.78. The topological polar surface area (TPSA) is 24.4 Å². The zero-order valence-corrected chi connectivity index (χ0v) is 12.5. The van der Waals surface area contributed by atoms with Crippen LogP contribution in [-0.2, 0) is 0 Å². The third-order valence-electron chi connectivity index (χ3n) is 3.06. The minimum absolute atomic E-state index is 0.731. The number of rotatable bonds is 1. The molecule has 0 aliphatic carbocycles.